The number of piperidine rings is 1. The van der Waals surface area contributed by atoms with Crippen molar-refractivity contribution in [3.05, 3.63) is 0 Å². The molecule has 1 unspecified atom stereocenters. The van der Waals surface area contributed by atoms with E-state index in [4.69, 9.17) is 5.11 Å². The smallest absolute Gasteiger partial charge is 0.317 e. The number of carbonyl (C=O) groups excluding carboxylic acids is 1. The van der Waals surface area contributed by atoms with E-state index in [1.807, 2.05) is 11.8 Å². The highest BCUT2D eigenvalue weighted by molar-refractivity contribution is 5.74. The van der Waals surface area contributed by atoms with Gasteiger partial charge in [-0.2, -0.15) is 0 Å². The number of likely N-dealkylation sites (tertiary alicyclic amines) is 1. The molecule has 0 aromatic carbocycles. The summed E-state index contributed by atoms with van der Waals surface area (Å²) in [4.78, 5) is 13.6. The molecule has 1 saturated heterocycles. The van der Waals surface area contributed by atoms with Gasteiger partial charge in [-0.15, -0.1) is 0 Å². The molecule has 4 nitrogen and oxygen atoms in total. The van der Waals surface area contributed by atoms with Gasteiger partial charge in [-0.3, -0.25) is 0 Å². The Morgan fingerprint density at radius 1 is 1.67 bits per heavy atom. The number of hydrogen-bond donors (Lipinski definition) is 2. The molecule has 1 aliphatic heterocycles. The fourth-order valence-corrected chi connectivity index (χ4v) is 1.92. The second kappa shape index (κ2) is 5.95. The Balaban J connectivity index is 2.38. The molecule has 2 amide bonds. The van der Waals surface area contributed by atoms with Gasteiger partial charge in [0, 0.05) is 13.1 Å². The Morgan fingerprint density at radius 2 is 2.40 bits per heavy atom. The number of aliphatic hydroxyl groups excluding tert-OH is 1. The molecule has 0 saturated carbocycles. The van der Waals surface area contributed by atoms with Crippen molar-refractivity contribution in [2.24, 2.45) is 5.92 Å². The van der Waals surface area contributed by atoms with Gasteiger partial charge in [0.2, 0.25) is 0 Å². The van der Waals surface area contributed by atoms with E-state index in [0.29, 0.717) is 5.92 Å². The number of carbonyl (C=O) groups is 1. The fourth-order valence-electron chi connectivity index (χ4n) is 1.92. The van der Waals surface area contributed by atoms with Gasteiger partial charge in [-0.05, 0) is 25.2 Å². The molecule has 2 atom stereocenters. The quantitative estimate of drug-likeness (QED) is 0.741. The summed E-state index contributed by atoms with van der Waals surface area (Å²) in [6.07, 6.45) is 3.07. The van der Waals surface area contributed by atoms with Crippen LogP contribution in [0.5, 0.6) is 0 Å². The molecule has 0 bridgehead atoms. The molecule has 15 heavy (non-hydrogen) atoms. The minimum absolute atomic E-state index is 0.0195. The first kappa shape index (κ1) is 12.3. The summed E-state index contributed by atoms with van der Waals surface area (Å²) in [5.41, 5.74) is 0. The molecule has 88 valence electrons. The summed E-state index contributed by atoms with van der Waals surface area (Å²) in [6, 6.07) is -0.128. The molecule has 1 rings (SSSR count). The van der Waals surface area contributed by atoms with Crippen molar-refractivity contribution in [3.8, 4) is 0 Å². The van der Waals surface area contributed by atoms with Crippen LogP contribution < -0.4 is 5.32 Å². The van der Waals surface area contributed by atoms with Gasteiger partial charge in [0.25, 0.3) is 0 Å². The van der Waals surface area contributed by atoms with Crippen LogP contribution in [0.4, 0.5) is 4.79 Å². The summed E-state index contributed by atoms with van der Waals surface area (Å²) in [7, 11) is 0. The molecule has 1 aliphatic rings. The molecule has 0 spiro atoms. The van der Waals surface area contributed by atoms with Crippen LogP contribution in [0, 0.1) is 5.92 Å². The van der Waals surface area contributed by atoms with Crippen LogP contribution in [0.15, 0.2) is 0 Å². The van der Waals surface area contributed by atoms with Crippen LogP contribution >= 0.6 is 0 Å². The van der Waals surface area contributed by atoms with E-state index in [-0.39, 0.29) is 18.7 Å². The van der Waals surface area contributed by atoms with Crippen molar-refractivity contribution in [2.45, 2.75) is 39.2 Å². The van der Waals surface area contributed by atoms with E-state index < -0.39 is 0 Å². The first-order valence-corrected chi connectivity index (χ1v) is 5.83. The summed E-state index contributed by atoms with van der Waals surface area (Å²) < 4.78 is 0. The van der Waals surface area contributed by atoms with Gasteiger partial charge in [-0.1, -0.05) is 13.8 Å². The van der Waals surface area contributed by atoms with Crippen molar-refractivity contribution < 1.29 is 9.90 Å². The number of hydrogen-bond acceptors (Lipinski definition) is 2. The lowest BCUT2D eigenvalue weighted by molar-refractivity contribution is 0.158. The van der Waals surface area contributed by atoms with E-state index in [9.17, 15) is 4.79 Å². The van der Waals surface area contributed by atoms with Crippen LogP contribution in [0.1, 0.15) is 33.1 Å². The monoisotopic (exact) mass is 214 g/mol. The number of nitrogens with one attached hydrogen (secondary N) is 1. The van der Waals surface area contributed by atoms with Crippen molar-refractivity contribution in [3.63, 3.8) is 0 Å². The third-order valence-corrected chi connectivity index (χ3v) is 2.99. The number of urea groups is 1. The highest BCUT2D eigenvalue weighted by atomic mass is 16.3. The van der Waals surface area contributed by atoms with Crippen LogP contribution in [-0.2, 0) is 0 Å². The van der Waals surface area contributed by atoms with Gasteiger partial charge in [0.15, 0.2) is 0 Å². The third-order valence-electron chi connectivity index (χ3n) is 2.99. The van der Waals surface area contributed by atoms with Gasteiger partial charge < -0.3 is 15.3 Å². The highest BCUT2D eigenvalue weighted by Crippen LogP contribution is 2.15. The maximum atomic E-state index is 11.8. The van der Waals surface area contributed by atoms with Crippen molar-refractivity contribution >= 4 is 6.03 Å². The maximum absolute atomic E-state index is 11.8. The van der Waals surface area contributed by atoms with E-state index >= 15 is 0 Å². The molecule has 0 aromatic rings. The Hall–Kier alpha value is -0.770. The molecule has 1 fully saturated rings. The lowest BCUT2D eigenvalue weighted by Gasteiger charge is -2.32. The molecule has 4 heteroatoms. The van der Waals surface area contributed by atoms with Crippen LogP contribution in [0.2, 0.25) is 0 Å². The molecule has 0 radical (unpaired) electrons. The Bertz CT molecular complexity index is 205. The zero-order valence-electron chi connectivity index (χ0n) is 9.70. The van der Waals surface area contributed by atoms with E-state index in [1.54, 1.807) is 0 Å². The molecular formula is C11H22N2O2. The molecule has 1 heterocycles. The van der Waals surface area contributed by atoms with Crippen LogP contribution in [-0.4, -0.2) is 41.8 Å². The molecule has 0 aliphatic carbocycles. The average molecular weight is 214 g/mol. The Labute approximate surface area is 91.6 Å². The second-order valence-corrected chi connectivity index (χ2v) is 4.43. The normalized spacial score (nSPS) is 23.7. The van der Waals surface area contributed by atoms with Crippen molar-refractivity contribution in [2.75, 3.05) is 19.7 Å². The highest BCUT2D eigenvalue weighted by Gasteiger charge is 2.21. The van der Waals surface area contributed by atoms with Gasteiger partial charge in [0.1, 0.15) is 0 Å². The second-order valence-electron chi connectivity index (χ2n) is 4.43. The van der Waals surface area contributed by atoms with Crippen LogP contribution in [0.25, 0.3) is 0 Å². The minimum atomic E-state index is -0.102. The summed E-state index contributed by atoms with van der Waals surface area (Å²) >= 11 is 0. The average Bonchev–Trinajstić information content (AvgIpc) is 2.25. The third kappa shape index (κ3) is 3.70. The summed E-state index contributed by atoms with van der Waals surface area (Å²) in [5, 5.41) is 11.8. The number of rotatable bonds is 3. The fraction of sp³-hybridized carbons (Fsp3) is 0.909. The Morgan fingerprint density at radius 3 is 2.93 bits per heavy atom. The summed E-state index contributed by atoms with van der Waals surface area (Å²) in [6.45, 7) is 5.83. The van der Waals surface area contributed by atoms with Crippen molar-refractivity contribution in [1.29, 1.82) is 0 Å². The van der Waals surface area contributed by atoms with Crippen molar-refractivity contribution in [1.82, 2.24) is 10.2 Å². The largest absolute Gasteiger partial charge is 0.394 e. The minimum Gasteiger partial charge on any atom is -0.394 e. The number of aliphatic hydroxyl groups is 1. The number of nitrogens with zero attached hydrogens (tertiary/aromatic N) is 1. The molecule has 2 N–H and O–H groups in total. The topological polar surface area (TPSA) is 52.6 Å². The first-order chi connectivity index (χ1) is 7.17. The first-order valence-electron chi connectivity index (χ1n) is 5.83. The zero-order valence-corrected chi connectivity index (χ0v) is 9.70. The zero-order chi connectivity index (χ0) is 11.3. The Kier molecular flexibility index (Phi) is 4.88. The lowest BCUT2D eigenvalue weighted by atomic mass is 10.0. The van der Waals surface area contributed by atoms with Gasteiger partial charge in [-0.25, -0.2) is 4.79 Å². The van der Waals surface area contributed by atoms with E-state index in [2.05, 4.69) is 12.2 Å². The molecular weight excluding hydrogens is 192 g/mol. The SMILES string of the molecule is CC[C@@H](CO)NC(=O)N1CCCC(C)C1. The number of amides is 2. The van der Waals surface area contributed by atoms with Crippen LogP contribution in [0.3, 0.4) is 0 Å². The predicted octanol–water partition coefficient (Wildman–Crippen LogP) is 1.20. The predicted molar refractivity (Wildman–Crippen MR) is 59.7 cm³/mol. The molecule has 0 aromatic heterocycles. The van der Waals surface area contributed by atoms with E-state index in [0.717, 1.165) is 25.9 Å². The maximum Gasteiger partial charge on any atom is 0.317 e. The van der Waals surface area contributed by atoms with E-state index in [1.165, 1.54) is 6.42 Å². The lowest BCUT2D eigenvalue weighted by Crippen LogP contribution is -2.49. The summed E-state index contributed by atoms with van der Waals surface area (Å²) in [5.74, 6) is 0.596. The van der Waals surface area contributed by atoms with Gasteiger partial charge >= 0.3 is 6.03 Å². The van der Waals surface area contributed by atoms with Gasteiger partial charge in [0.05, 0.1) is 12.6 Å². The standard InChI is InChI=1S/C11H22N2O2/c1-3-10(8-14)12-11(15)13-6-4-5-9(2)7-13/h9-10,14H,3-8H2,1-2H3,(H,12,15)/t9?,10-/m0/s1.